The van der Waals surface area contributed by atoms with Crippen molar-refractivity contribution in [2.24, 2.45) is 0 Å². The minimum absolute atomic E-state index is 0.211. The predicted molar refractivity (Wildman–Crippen MR) is 113 cm³/mol. The summed E-state index contributed by atoms with van der Waals surface area (Å²) in [5.41, 5.74) is -0.655. The minimum Gasteiger partial charge on any atom is -0.459 e. The fourth-order valence-corrected chi connectivity index (χ4v) is 5.20. The molecule has 2 atom stereocenters. The molecule has 29 heavy (non-hydrogen) atoms. The number of benzene rings is 1. The Morgan fingerprint density at radius 3 is 2.66 bits per heavy atom. The van der Waals surface area contributed by atoms with Gasteiger partial charge in [0.05, 0.1) is 12.3 Å². The lowest BCUT2D eigenvalue weighted by atomic mass is 9.60. The first-order valence-electron chi connectivity index (χ1n) is 9.58. The second kappa shape index (κ2) is 6.54. The normalized spacial score (nSPS) is 26.7. The molecule has 0 radical (unpaired) electrons. The molecule has 2 aliphatic rings. The molecule has 1 fully saturated rings. The minimum atomic E-state index is -1.50. The lowest BCUT2D eigenvalue weighted by Gasteiger charge is -2.49. The zero-order valence-electron chi connectivity index (χ0n) is 17.2. The molecule has 2 aliphatic heterocycles. The lowest BCUT2D eigenvalue weighted by molar-refractivity contribution is -0.191. The summed E-state index contributed by atoms with van der Waals surface area (Å²) >= 11 is 1.48. The quantitative estimate of drug-likeness (QED) is 0.550. The molecule has 0 saturated carbocycles. The topological polar surface area (TPSA) is 55.8 Å². The molecule has 0 N–H and O–H groups in total. The van der Waals surface area contributed by atoms with Gasteiger partial charge in [0.15, 0.2) is 5.60 Å². The zero-order valence-corrected chi connectivity index (χ0v) is 18.0. The van der Waals surface area contributed by atoms with Crippen LogP contribution in [-0.4, -0.2) is 31.1 Å². The molecule has 0 aliphatic carbocycles. The second-order valence-corrected chi connectivity index (χ2v) is 9.48. The van der Waals surface area contributed by atoms with Crippen LogP contribution >= 0.6 is 11.3 Å². The molecule has 0 bridgehead atoms. The number of fused-ring (bicyclic) bond motifs is 2. The van der Waals surface area contributed by atoms with Crippen LogP contribution in [0, 0.1) is 0 Å². The van der Waals surface area contributed by atoms with Crippen LogP contribution in [0.3, 0.4) is 0 Å². The summed E-state index contributed by atoms with van der Waals surface area (Å²) in [6.45, 7) is 9.79. The van der Waals surface area contributed by atoms with E-state index in [9.17, 15) is 9.59 Å². The Balaban J connectivity index is 2.05. The van der Waals surface area contributed by atoms with Gasteiger partial charge in [0.1, 0.15) is 11.0 Å². The number of thiophene rings is 1. The third kappa shape index (κ3) is 2.69. The van der Waals surface area contributed by atoms with Gasteiger partial charge in [0.2, 0.25) is 0 Å². The summed E-state index contributed by atoms with van der Waals surface area (Å²) in [4.78, 5) is 29.3. The third-order valence-corrected chi connectivity index (χ3v) is 6.30. The molecular weight excluding hydrogens is 386 g/mol. The van der Waals surface area contributed by atoms with Gasteiger partial charge in [0.25, 0.3) is 5.91 Å². The fourth-order valence-electron chi connectivity index (χ4n) is 4.47. The SMILES string of the molecule is C=C1CO[C@@]2(C(=O)N(C)c3ccccc32)[C@](C(=O)OC(C)(C)C)(c2ccsc2)C1. The highest BCUT2D eigenvalue weighted by Crippen LogP contribution is 2.59. The largest absolute Gasteiger partial charge is 0.459 e. The summed E-state index contributed by atoms with van der Waals surface area (Å²) in [7, 11) is 1.72. The fraction of sp³-hybridized carbons (Fsp3) is 0.391. The summed E-state index contributed by atoms with van der Waals surface area (Å²) in [6.07, 6.45) is 0.284. The van der Waals surface area contributed by atoms with Gasteiger partial charge >= 0.3 is 5.97 Å². The molecule has 1 amide bonds. The van der Waals surface area contributed by atoms with E-state index in [-0.39, 0.29) is 18.9 Å². The number of rotatable bonds is 2. The van der Waals surface area contributed by atoms with E-state index in [0.717, 1.165) is 16.8 Å². The molecule has 6 heteroatoms. The number of anilines is 1. The summed E-state index contributed by atoms with van der Waals surface area (Å²) < 4.78 is 12.2. The molecule has 0 unspecified atom stereocenters. The molecule has 1 saturated heterocycles. The van der Waals surface area contributed by atoms with Gasteiger partial charge in [-0.25, -0.2) is 0 Å². The van der Waals surface area contributed by atoms with Crippen LogP contribution in [0.15, 0.2) is 53.2 Å². The first-order chi connectivity index (χ1) is 13.6. The number of carbonyl (C=O) groups is 2. The summed E-state index contributed by atoms with van der Waals surface area (Å²) in [5, 5.41) is 3.81. The van der Waals surface area contributed by atoms with Crippen molar-refractivity contribution in [2.75, 3.05) is 18.6 Å². The van der Waals surface area contributed by atoms with Crippen molar-refractivity contribution < 1.29 is 19.1 Å². The maximum atomic E-state index is 13.9. The molecule has 1 spiro atoms. The van der Waals surface area contributed by atoms with Gasteiger partial charge < -0.3 is 14.4 Å². The number of likely N-dealkylation sites (N-methyl/N-ethyl adjacent to an activating group) is 1. The van der Waals surface area contributed by atoms with Crippen molar-refractivity contribution in [2.45, 2.75) is 43.8 Å². The van der Waals surface area contributed by atoms with Crippen LogP contribution in [0.2, 0.25) is 0 Å². The maximum absolute atomic E-state index is 13.9. The molecule has 4 rings (SSSR count). The van der Waals surface area contributed by atoms with Crippen LogP contribution in [0.1, 0.15) is 38.3 Å². The summed E-state index contributed by atoms with van der Waals surface area (Å²) in [6, 6.07) is 9.38. The highest BCUT2D eigenvalue weighted by atomic mass is 32.1. The summed E-state index contributed by atoms with van der Waals surface area (Å²) in [5.74, 6) is -0.731. The molecule has 2 aromatic rings. The lowest BCUT2D eigenvalue weighted by Crippen LogP contribution is -2.64. The van der Waals surface area contributed by atoms with Crippen LogP contribution < -0.4 is 4.90 Å². The number of carbonyl (C=O) groups excluding carboxylic acids is 2. The van der Waals surface area contributed by atoms with Gasteiger partial charge in [0, 0.05) is 12.6 Å². The average molecular weight is 412 g/mol. The first-order valence-corrected chi connectivity index (χ1v) is 10.5. The maximum Gasteiger partial charge on any atom is 0.321 e. The Labute approximate surface area is 174 Å². The second-order valence-electron chi connectivity index (χ2n) is 8.70. The smallest absolute Gasteiger partial charge is 0.321 e. The number of hydrogen-bond acceptors (Lipinski definition) is 5. The van der Waals surface area contributed by atoms with Crippen molar-refractivity contribution in [1.82, 2.24) is 0 Å². The highest BCUT2D eigenvalue weighted by molar-refractivity contribution is 7.08. The number of esters is 1. The van der Waals surface area contributed by atoms with E-state index in [2.05, 4.69) is 6.58 Å². The zero-order chi connectivity index (χ0) is 21.0. The standard InChI is InChI=1S/C23H25NO4S/c1-15-12-22(16-10-11-29-14-16,20(26)28-21(2,3)4)23(27-13-15)17-8-6-7-9-18(17)24(5)19(23)25/h6-11,14H,1,12-13H2,2-5H3/t22-,23-/m0/s1. The van der Waals surface area contributed by atoms with Gasteiger partial charge in [-0.15, -0.1) is 0 Å². The van der Waals surface area contributed by atoms with Gasteiger partial charge in [-0.2, -0.15) is 11.3 Å². The number of amides is 1. The van der Waals surface area contributed by atoms with Crippen LogP contribution in [0.4, 0.5) is 5.69 Å². The van der Waals surface area contributed by atoms with Gasteiger partial charge in [-0.1, -0.05) is 30.4 Å². The monoisotopic (exact) mass is 411 g/mol. The van der Waals surface area contributed by atoms with Gasteiger partial charge in [-0.3, -0.25) is 9.59 Å². The Morgan fingerprint density at radius 2 is 2.00 bits per heavy atom. The highest BCUT2D eigenvalue weighted by Gasteiger charge is 2.70. The first kappa shape index (κ1) is 19.9. The Kier molecular flexibility index (Phi) is 4.48. The van der Waals surface area contributed by atoms with E-state index >= 15 is 0 Å². The molecule has 5 nitrogen and oxygen atoms in total. The van der Waals surface area contributed by atoms with E-state index in [4.69, 9.17) is 9.47 Å². The molecule has 152 valence electrons. The van der Waals surface area contributed by atoms with E-state index < -0.39 is 22.6 Å². The van der Waals surface area contributed by atoms with E-state index in [1.807, 2.05) is 61.9 Å². The van der Waals surface area contributed by atoms with Crippen molar-refractivity contribution >= 4 is 28.9 Å². The Morgan fingerprint density at radius 1 is 1.28 bits per heavy atom. The molecule has 3 heterocycles. The van der Waals surface area contributed by atoms with Crippen molar-refractivity contribution in [3.63, 3.8) is 0 Å². The van der Waals surface area contributed by atoms with E-state index in [1.54, 1.807) is 11.9 Å². The van der Waals surface area contributed by atoms with Crippen molar-refractivity contribution in [3.05, 3.63) is 64.4 Å². The van der Waals surface area contributed by atoms with Crippen molar-refractivity contribution in [1.29, 1.82) is 0 Å². The Hall–Kier alpha value is -2.44. The number of ether oxygens (including phenoxy) is 2. The average Bonchev–Trinajstić information content (AvgIpc) is 3.26. The molecule has 1 aromatic heterocycles. The van der Waals surface area contributed by atoms with Crippen molar-refractivity contribution in [3.8, 4) is 0 Å². The third-order valence-electron chi connectivity index (χ3n) is 5.62. The Bertz CT molecular complexity index is 991. The van der Waals surface area contributed by atoms with E-state index in [0.29, 0.717) is 5.56 Å². The molecule has 1 aromatic carbocycles. The number of hydrogen-bond donors (Lipinski definition) is 0. The van der Waals surface area contributed by atoms with E-state index in [1.165, 1.54) is 11.3 Å². The number of para-hydroxylation sites is 1. The van der Waals surface area contributed by atoms with Crippen LogP contribution in [-0.2, 0) is 30.1 Å². The van der Waals surface area contributed by atoms with Crippen LogP contribution in [0.5, 0.6) is 0 Å². The predicted octanol–water partition coefficient (Wildman–Crippen LogP) is 4.18. The number of nitrogens with zero attached hydrogens (tertiary/aromatic N) is 1. The van der Waals surface area contributed by atoms with Crippen LogP contribution in [0.25, 0.3) is 0 Å². The molecular formula is C23H25NO4S. The van der Waals surface area contributed by atoms with Gasteiger partial charge in [-0.05, 0) is 55.6 Å².